The number of aromatic amines is 1. The first kappa shape index (κ1) is 26.2. The van der Waals surface area contributed by atoms with Crippen molar-refractivity contribution in [2.45, 2.75) is 46.3 Å². The van der Waals surface area contributed by atoms with Crippen LogP contribution >= 0.6 is 11.3 Å². The predicted octanol–water partition coefficient (Wildman–Crippen LogP) is 3.04. The Balaban J connectivity index is 1.92. The average Bonchev–Trinajstić information content (AvgIpc) is 3.34. The first-order valence-electron chi connectivity index (χ1n) is 11.7. The Kier molecular flexibility index (Phi) is 9.27. The first-order chi connectivity index (χ1) is 16.9. The van der Waals surface area contributed by atoms with Crippen LogP contribution in [0.3, 0.4) is 0 Å². The minimum atomic E-state index is -0.662. The van der Waals surface area contributed by atoms with Gasteiger partial charge in [0.25, 0.3) is 5.56 Å². The molecule has 1 aromatic carbocycles. The third-order valence-electron chi connectivity index (χ3n) is 5.74. The van der Waals surface area contributed by atoms with Crippen LogP contribution in [-0.2, 0) is 24.4 Å². The molecule has 0 atom stereocenters. The van der Waals surface area contributed by atoms with Gasteiger partial charge in [0.05, 0.1) is 13.7 Å². The zero-order valence-electron chi connectivity index (χ0n) is 20.5. The molecule has 3 N–H and O–H groups in total. The smallest absolute Gasteiger partial charge is 0.330 e. The summed E-state index contributed by atoms with van der Waals surface area (Å²) >= 11 is 1.61. The van der Waals surface area contributed by atoms with E-state index in [9.17, 15) is 14.4 Å². The van der Waals surface area contributed by atoms with Gasteiger partial charge in [0.15, 0.2) is 5.69 Å². The van der Waals surface area contributed by atoms with Crippen molar-refractivity contribution in [1.29, 1.82) is 0 Å². The number of benzene rings is 1. The van der Waals surface area contributed by atoms with Crippen LogP contribution in [0.15, 0.2) is 51.4 Å². The fraction of sp³-hybridized carbons (Fsp3) is 0.400. The maximum Gasteiger partial charge on any atom is 0.330 e. The van der Waals surface area contributed by atoms with Crippen molar-refractivity contribution in [3.63, 3.8) is 0 Å². The highest BCUT2D eigenvalue weighted by atomic mass is 32.1. The van der Waals surface area contributed by atoms with Gasteiger partial charge in [0.2, 0.25) is 5.91 Å². The molecular weight excluding hydrogens is 466 g/mol. The number of carbonyl (C=O) groups is 1. The number of rotatable bonds is 12. The molecule has 188 valence electrons. The molecule has 0 aliphatic rings. The number of ether oxygens (including phenoxy) is 1. The molecule has 3 aromatic rings. The summed E-state index contributed by atoms with van der Waals surface area (Å²) in [6.45, 7) is 5.47. The second-order valence-electron chi connectivity index (χ2n) is 8.17. The lowest BCUT2D eigenvalue weighted by atomic mass is 10.2. The second kappa shape index (κ2) is 12.4. The second-order valence-corrected chi connectivity index (χ2v) is 9.20. The van der Waals surface area contributed by atoms with Crippen molar-refractivity contribution in [2.75, 3.05) is 30.8 Å². The van der Waals surface area contributed by atoms with Crippen molar-refractivity contribution in [2.24, 2.45) is 0 Å². The number of anilines is 2. The van der Waals surface area contributed by atoms with E-state index in [4.69, 9.17) is 10.5 Å². The molecule has 0 bridgehead atoms. The van der Waals surface area contributed by atoms with E-state index in [0.29, 0.717) is 19.6 Å². The van der Waals surface area contributed by atoms with Crippen LogP contribution in [0.1, 0.15) is 37.1 Å². The topological polar surface area (TPSA) is 114 Å². The number of thiophene rings is 1. The highest BCUT2D eigenvalue weighted by Crippen LogP contribution is 2.23. The molecular formula is C25H33N5O4S. The minimum Gasteiger partial charge on any atom is -0.496 e. The quantitative estimate of drug-likeness (QED) is 0.396. The summed E-state index contributed by atoms with van der Waals surface area (Å²) in [6, 6.07) is 11.7. The number of para-hydroxylation sites is 1. The normalized spacial score (nSPS) is 11.1. The SMILES string of the molecule is CCCCn1c(N)c(N(CC)C(=O)CN(Cc2cccs2)Cc2ccccc2OC)c(=O)[nH]c1=O. The van der Waals surface area contributed by atoms with Gasteiger partial charge in [-0.25, -0.2) is 4.79 Å². The Bertz CT molecular complexity index is 1240. The molecule has 2 aromatic heterocycles. The number of aromatic nitrogens is 2. The van der Waals surface area contributed by atoms with Gasteiger partial charge in [-0.2, -0.15) is 0 Å². The maximum atomic E-state index is 13.5. The van der Waals surface area contributed by atoms with E-state index < -0.39 is 11.2 Å². The standard InChI is InChI=1S/C25H33N5O4S/c1-4-6-13-30-23(26)22(24(32)27-25(30)33)29(5-2)21(31)17-28(16-19-11-9-14-35-19)15-18-10-7-8-12-20(18)34-3/h7-12,14H,4-6,13,15-17,26H2,1-3H3,(H,27,32,33). The molecule has 0 radical (unpaired) electrons. The Morgan fingerprint density at radius 1 is 1.14 bits per heavy atom. The number of methoxy groups -OCH3 is 1. The van der Waals surface area contributed by atoms with Crippen LogP contribution in [0.2, 0.25) is 0 Å². The molecule has 10 heteroatoms. The summed E-state index contributed by atoms with van der Waals surface area (Å²) < 4.78 is 6.83. The molecule has 0 saturated carbocycles. The van der Waals surface area contributed by atoms with Crippen LogP contribution in [0.5, 0.6) is 5.75 Å². The largest absolute Gasteiger partial charge is 0.496 e. The van der Waals surface area contributed by atoms with Gasteiger partial charge in [0, 0.05) is 36.6 Å². The van der Waals surface area contributed by atoms with Crippen LogP contribution in [0.25, 0.3) is 0 Å². The number of H-pyrrole nitrogens is 1. The van der Waals surface area contributed by atoms with E-state index >= 15 is 0 Å². The van der Waals surface area contributed by atoms with Crippen LogP contribution < -0.4 is 26.6 Å². The number of nitrogens with zero attached hydrogens (tertiary/aromatic N) is 3. The van der Waals surface area contributed by atoms with Crippen molar-refractivity contribution in [3.05, 3.63) is 73.1 Å². The minimum absolute atomic E-state index is 0.0111. The number of amides is 1. The highest BCUT2D eigenvalue weighted by Gasteiger charge is 2.25. The maximum absolute atomic E-state index is 13.5. The Morgan fingerprint density at radius 2 is 1.91 bits per heavy atom. The molecule has 0 aliphatic heterocycles. The van der Waals surface area contributed by atoms with Crippen molar-refractivity contribution in [1.82, 2.24) is 14.5 Å². The number of nitrogens with two attached hydrogens (primary N) is 1. The van der Waals surface area contributed by atoms with Gasteiger partial charge >= 0.3 is 5.69 Å². The van der Waals surface area contributed by atoms with Crippen LogP contribution in [0.4, 0.5) is 11.5 Å². The third kappa shape index (κ3) is 6.40. The lowest BCUT2D eigenvalue weighted by Crippen LogP contribution is -2.45. The third-order valence-corrected chi connectivity index (χ3v) is 6.60. The summed E-state index contributed by atoms with van der Waals surface area (Å²) in [5.74, 6) is 0.473. The van der Waals surface area contributed by atoms with Gasteiger partial charge < -0.3 is 15.4 Å². The summed E-state index contributed by atoms with van der Waals surface area (Å²) in [5.41, 5.74) is 6.00. The van der Waals surface area contributed by atoms with E-state index in [1.807, 2.05) is 53.6 Å². The molecule has 9 nitrogen and oxygen atoms in total. The Morgan fingerprint density at radius 3 is 2.57 bits per heavy atom. The molecule has 3 rings (SSSR count). The number of hydrogen-bond donors (Lipinski definition) is 2. The van der Waals surface area contributed by atoms with E-state index in [2.05, 4.69) is 4.98 Å². The monoisotopic (exact) mass is 499 g/mol. The zero-order chi connectivity index (χ0) is 25.4. The summed E-state index contributed by atoms with van der Waals surface area (Å²) in [6.07, 6.45) is 1.58. The number of hydrogen-bond acceptors (Lipinski definition) is 7. The first-order valence-corrected chi connectivity index (χ1v) is 12.6. The van der Waals surface area contributed by atoms with Gasteiger partial charge in [0.1, 0.15) is 11.6 Å². The van der Waals surface area contributed by atoms with Crippen LogP contribution in [0, 0.1) is 0 Å². The van der Waals surface area contributed by atoms with E-state index in [0.717, 1.165) is 29.0 Å². The van der Waals surface area contributed by atoms with Crippen LogP contribution in [-0.4, -0.2) is 40.6 Å². The van der Waals surface area contributed by atoms with Gasteiger partial charge in [-0.05, 0) is 30.9 Å². The molecule has 0 spiro atoms. The molecule has 0 unspecified atom stereocenters. The predicted molar refractivity (Wildman–Crippen MR) is 140 cm³/mol. The summed E-state index contributed by atoms with van der Waals surface area (Å²) in [5, 5.41) is 2.00. The van der Waals surface area contributed by atoms with Gasteiger partial charge in [-0.1, -0.05) is 37.6 Å². The van der Waals surface area contributed by atoms with Gasteiger partial charge in [-0.15, -0.1) is 11.3 Å². The van der Waals surface area contributed by atoms with Crippen molar-refractivity contribution < 1.29 is 9.53 Å². The molecule has 0 saturated heterocycles. The lowest BCUT2D eigenvalue weighted by molar-refractivity contribution is -0.120. The molecule has 0 fully saturated rings. The molecule has 35 heavy (non-hydrogen) atoms. The fourth-order valence-electron chi connectivity index (χ4n) is 3.98. The molecule has 0 aliphatic carbocycles. The highest BCUT2D eigenvalue weighted by molar-refractivity contribution is 7.09. The number of likely N-dealkylation sites (N-methyl/N-ethyl adjacent to an activating group) is 1. The molecule has 2 heterocycles. The zero-order valence-corrected chi connectivity index (χ0v) is 21.3. The number of carbonyl (C=O) groups excluding carboxylic acids is 1. The average molecular weight is 500 g/mol. The van der Waals surface area contributed by atoms with Gasteiger partial charge in [-0.3, -0.25) is 24.0 Å². The molecule has 1 amide bonds. The number of unbranched alkanes of at least 4 members (excludes halogenated alkanes) is 1. The van der Waals surface area contributed by atoms with E-state index in [1.165, 1.54) is 9.47 Å². The summed E-state index contributed by atoms with van der Waals surface area (Å²) in [4.78, 5) is 45.4. The number of nitrogen functional groups attached to an aromatic ring is 1. The van der Waals surface area contributed by atoms with E-state index in [-0.39, 0.29) is 30.5 Å². The lowest BCUT2D eigenvalue weighted by Gasteiger charge is -2.27. The van der Waals surface area contributed by atoms with E-state index in [1.54, 1.807) is 25.4 Å². The Hall–Kier alpha value is -3.37. The summed E-state index contributed by atoms with van der Waals surface area (Å²) in [7, 11) is 1.62. The van der Waals surface area contributed by atoms with Crippen molar-refractivity contribution >= 4 is 28.7 Å². The Labute approximate surface area is 208 Å². The number of nitrogens with one attached hydrogen (secondary N) is 1. The fourth-order valence-corrected chi connectivity index (χ4v) is 4.72. The van der Waals surface area contributed by atoms with Crippen molar-refractivity contribution in [3.8, 4) is 5.75 Å².